The molecule has 0 fully saturated rings. The number of rotatable bonds is 0. The topological polar surface area (TPSA) is 77.8 Å². The first kappa shape index (κ1) is 29.4. The smallest absolute Gasteiger partial charge is 0 e. The molecular weight excluding hydrogens is 258 g/mol. The molecule has 3 N–H and O–H groups in total. The minimum Gasteiger partial charge on any atom is 0 e. The average Bonchev–Trinajstić information content (AvgIpc) is 0.722. The van der Waals surface area contributed by atoms with Crippen LogP contribution in [0.25, 0.3) is 0 Å². The van der Waals surface area contributed by atoms with Crippen molar-refractivity contribution in [2.45, 2.75) is 0 Å². The number of hydrogen-bond donors (Lipinski definition) is 3. The first-order valence-electron chi connectivity index (χ1n) is 0.783. The zero-order valence-corrected chi connectivity index (χ0v) is 6.51. The van der Waals surface area contributed by atoms with Crippen molar-refractivity contribution in [2.24, 2.45) is 0 Å². The molecule has 0 saturated heterocycles. The van der Waals surface area contributed by atoms with Crippen LogP contribution >= 0.6 is 7.82 Å². The van der Waals surface area contributed by atoms with Gasteiger partial charge in [0.15, 0.2) is 17.4 Å². The Kier molecular flexibility index (Phi) is 46.1. The monoisotopic (exact) mass is 267 g/mol. The molecule has 0 aliphatic rings. The van der Waals surface area contributed by atoms with Crippen LogP contribution in [0.4, 0.5) is 0 Å². The van der Waals surface area contributed by atoms with Crippen molar-refractivity contribution < 1.29 is 52.0 Å². The largest absolute Gasteiger partial charge is 0 e. The SMILES string of the molecule is O=P(O)(O)O.[AlH3].[CaH2].[LiH].[Y]. The molecular formula is H9AlCaLiO4PY. The molecule has 0 atom stereocenters. The second-order valence-corrected chi connectivity index (χ2v) is 1.54. The standard InChI is InChI=1S/Al.Ca.Li.H3O4P.Y.6H/c;;;1-5(2,3)4;;;;;;;/h;;;(H3,1,2,3,4);;;;;;;. The van der Waals surface area contributed by atoms with E-state index in [9.17, 15) is 0 Å². The van der Waals surface area contributed by atoms with Crippen molar-refractivity contribution in [3.8, 4) is 0 Å². The van der Waals surface area contributed by atoms with Gasteiger partial charge in [-0.2, -0.15) is 0 Å². The summed E-state index contributed by atoms with van der Waals surface area (Å²) in [6, 6.07) is 0. The molecule has 0 rings (SSSR count). The Morgan fingerprint density at radius 1 is 1.11 bits per heavy atom. The maximum atomic E-state index is 8.88. The Morgan fingerprint density at radius 3 is 1.11 bits per heavy atom. The fraction of sp³-hybridized carbons (Fsp3) is 0. The molecule has 0 amide bonds. The van der Waals surface area contributed by atoms with Crippen LogP contribution in [0, 0.1) is 0 Å². The molecule has 0 saturated carbocycles. The summed E-state index contributed by atoms with van der Waals surface area (Å²) in [4.78, 5) is 21.6. The van der Waals surface area contributed by atoms with Crippen molar-refractivity contribution in [2.75, 3.05) is 0 Å². The molecule has 47 valence electrons. The van der Waals surface area contributed by atoms with Crippen LogP contribution < -0.4 is 0 Å². The average molecular weight is 267 g/mol. The maximum absolute atomic E-state index is 8.88. The summed E-state index contributed by atoms with van der Waals surface area (Å²) >= 11 is 0. The summed E-state index contributed by atoms with van der Waals surface area (Å²) in [7, 11) is -4.64. The van der Waals surface area contributed by atoms with Crippen LogP contribution in [0.2, 0.25) is 0 Å². The fourth-order valence-electron chi connectivity index (χ4n) is 0. The molecule has 1 radical (unpaired) electrons. The van der Waals surface area contributed by atoms with Crippen molar-refractivity contribution in [3.05, 3.63) is 0 Å². The zero-order valence-electron chi connectivity index (χ0n) is 2.77. The quantitative estimate of drug-likeness (QED) is 0.312. The normalized spacial score (nSPS) is 6.56. The molecule has 0 aromatic rings. The van der Waals surface area contributed by atoms with Crippen molar-refractivity contribution in [1.29, 1.82) is 0 Å². The van der Waals surface area contributed by atoms with Gasteiger partial charge < -0.3 is 14.7 Å². The molecule has 0 aliphatic heterocycles. The molecule has 0 bridgehead atoms. The summed E-state index contributed by atoms with van der Waals surface area (Å²) in [6.45, 7) is 0. The molecule has 9 heavy (non-hydrogen) atoms. The van der Waals surface area contributed by atoms with Crippen LogP contribution in [0.15, 0.2) is 0 Å². The van der Waals surface area contributed by atoms with Crippen LogP contribution in [0.3, 0.4) is 0 Å². The van der Waals surface area contributed by atoms with Crippen molar-refractivity contribution in [1.82, 2.24) is 0 Å². The van der Waals surface area contributed by atoms with Crippen LogP contribution in [0.1, 0.15) is 0 Å². The van der Waals surface area contributed by atoms with Gasteiger partial charge in [0.25, 0.3) is 0 Å². The van der Waals surface area contributed by atoms with E-state index in [0.717, 1.165) is 0 Å². The van der Waals surface area contributed by atoms with E-state index < -0.39 is 7.82 Å². The van der Waals surface area contributed by atoms with E-state index in [0.29, 0.717) is 0 Å². The fourth-order valence-corrected chi connectivity index (χ4v) is 0. The Labute approximate surface area is 131 Å². The van der Waals surface area contributed by atoms with E-state index in [4.69, 9.17) is 19.2 Å². The second-order valence-electron chi connectivity index (χ2n) is 0.513. The third-order valence-corrected chi connectivity index (χ3v) is 0. The number of phosphoric acid groups is 1. The van der Waals surface area contributed by atoms with E-state index in [1.165, 1.54) is 0 Å². The first-order chi connectivity index (χ1) is 2.00. The third-order valence-electron chi connectivity index (χ3n) is 0. The summed E-state index contributed by atoms with van der Waals surface area (Å²) in [6.07, 6.45) is 0. The van der Waals surface area contributed by atoms with Gasteiger partial charge in [0, 0.05) is 32.7 Å². The summed E-state index contributed by atoms with van der Waals surface area (Å²) in [5.74, 6) is 0. The molecule has 0 aromatic carbocycles. The van der Waals surface area contributed by atoms with Crippen molar-refractivity contribution in [3.63, 3.8) is 0 Å². The van der Waals surface area contributed by atoms with Gasteiger partial charge in [-0.25, -0.2) is 4.57 Å². The summed E-state index contributed by atoms with van der Waals surface area (Å²) < 4.78 is 8.88. The van der Waals surface area contributed by atoms with Gasteiger partial charge in [0.05, 0.1) is 0 Å². The van der Waals surface area contributed by atoms with E-state index in [1.807, 2.05) is 0 Å². The van der Waals surface area contributed by atoms with Gasteiger partial charge >= 0.3 is 64.4 Å². The molecule has 0 aromatic heterocycles. The van der Waals surface area contributed by atoms with Gasteiger partial charge in [0.2, 0.25) is 0 Å². The molecule has 9 heteroatoms. The van der Waals surface area contributed by atoms with Crippen LogP contribution in [-0.2, 0) is 37.3 Å². The van der Waals surface area contributed by atoms with Gasteiger partial charge in [-0.1, -0.05) is 0 Å². The Morgan fingerprint density at radius 2 is 1.11 bits per heavy atom. The minimum absolute atomic E-state index is 0. The van der Waals surface area contributed by atoms with Gasteiger partial charge in [-0.15, -0.1) is 0 Å². The molecule has 0 heterocycles. The van der Waals surface area contributed by atoms with E-state index in [1.54, 1.807) is 0 Å². The van der Waals surface area contributed by atoms with E-state index >= 15 is 0 Å². The minimum atomic E-state index is -4.64. The van der Waals surface area contributed by atoms with E-state index in [2.05, 4.69) is 0 Å². The molecule has 4 nitrogen and oxygen atoms in total. The third kappa shape index (κ3) is 82.4. The predicted octanol–water partition coefficient (Wildman–Crippen LogP) is -3.68. The molecule has 0 unspecified atom stereocenters. The van der Waals surface area contributed by atoms with Crippen LogP contribution in [0.5, 0.6) is 0 Å². The Balaban J connectivity index is -0.0000000133. The first-order valence-corrected chi connectivity index (χ1v) is 2.35. The predicted molar refractivity (Wildman–Crippen MR) is 39.9 cm³/mol. The van der Waals surface area contributed by atoms with Gasteiger partial charge in [-0.05, 0) is 0 Å². The second kappa shape index (κ2) is 14.1. The molecule has 0 spiro atoms. The summed E-state index contributed by atoms with van der Waals surface area (Å²) in [5, 5.41) is 0. The Bertz CT molecular complexity index is 66.7. The summed E-state index contributed by atoms with van der Waals surface area (Å²) in [5.41, 5.74) is 0. The number of hydrogen-bond acceptors (Lipinski definition) is 1. The van der Waals surface area contributed by atoms with Crippen LogP contribution in [-0.4, -0.2) is 88.6 Å². The van der Waals surface area contributed by atoms with Crippen molar-refractivity contribution >= 4 is 81.8 Å². The maximum Gasteiger partial charge on any atom is 0 e. The van der Waals surface area contributed by atoms with Gasteiger partial charge in [0.1, 0.15) is 0 Å². The van der Waals surface area contributed by atoms with Gasteiger partial charge in [-0.3, -0.25) is 0 Å². The molecule has 0 aliphatic carbocycles. The van der Waals surface area contributed by atoms with E-state index in [-0.39, 0.29) is 107 Å². The zero-order chi connectivity index (χ0) is 4.50. The Hall–Kier alpha value is 3.60.